The molecule has 1 aliphatic carbocycles. The van der Waals surface area contributed by atoms with E-state index in [0.29, 0.717) is 6.54 Å². The van der Waals surface area contributed by atoms with E-state index in [9.17, 15) is 9.90 Å². The van der Waals surface area contributed by atoms with Crippen LogP contribution in [0, 0.1) is 11.8 Å². The molecule has 1 saturated carbocycles. The van der Waals surface area contributed by atoms with Crippen molar-refractivity contribution in [1.29, 1.82) is 0 Å². The normalized spacial score (nSPS) is 23.0. The highest BCUT2D eigenvalue weighted by molar-refractivity contribution is 5.94. The predicted molar refractivity (Wildman–Crippen MR) is 74.0 cm³/mol. The van der Waals surface area contributed by atoms with Crippen LogP contribution >= 0.6 is 0 Å². The Hall–Kier alpha value is -1.58. The van der Waals surface area contributed by atoms with Crippen LogP contribution in [-0.4, -0.2) is 22.5 Å². The summed E-state index contributed by atoms with van der Waals surface area (Å²) < 4.78 is 0. The molecule has 0 aromatic carbocycles. The zero-order chi connectivity index (χ0) is 13.7. The summed E-state index contributed by atoms with van der Waals surface area (Å²) >= 11 is 0. The standard InChI is InChI=1S/C15H22N2O2/c1-11-4-6-12(7-5-11)8-10-17-15(19)14-13(18)3-2-9-16-14/h2-3,9,11-12,18H,4-8,10H2,1H3,(H,17,19). The number of aromatic nitrogens is 1. The molecule has 0 spiro atoms. The van der Waals surface area contributed by atoms with Crippen LogP contribution in [0.2, 0.25) is 0 Å². The van der Waals surface area contributed by atoms with Crippen molar-refractivity contribution in [2.24, 2.45) is 11.8 Å². The van der Waals surface area contributed by atoms with Crippen molar-refractivity contribution in [3.05, 3.63) is 24.0 Å². The lowest BCUT2D eigenvalue weighted by Crippen LogP contribution is -2.27. The minimum Gasteiger partial charge on any atom is -0.505 e. The topological polar surface area (TPSA) is 62.2 Å². The first-order valence-electron chi connectivity index (χ1n) is 7.09. The van der Waals surface area contributed by atoms with Gasteiger partial charge in [0.2, 0.25) is 0 Å². The van der Waals surface area contributed by atoms with E-state index < -0.39 is 0 Å². The first-order valence-corrected chi connectivity index (χ1v) is 7.09. The van der Waals surface area contributed by atoms with Gasteiger partial charge in [-0.05, 0) is 30.4 Å². The molecule has 1 amide bonds. The Balaban J connectivity index is 1.74. The van der Waals surface area contributed by atoms with E-state index in [1.165, 1.54) is 37.9 Å². The third-order valence-electron chi connectivity index (χ3n) is 3.98. The molecule has 19 heavy (non-hydrogen) atoms. The molecule has 104 valence electrons. The van der Waals surface area contributed by atoms with E-state index in [4.69, 9.17) is 0 Å². The van der Waals surface area contributed by atoms with Gasteiger partial charge in [-0.1, -0.05) is 32.6 Å². The fraction of sp³-hybridized carbons (Fsp3) is 0.600. The molecule has 1 aromatic heterocycles. The number of hydrogen-bond donors (Lipinski definition) is 2. The third kappa shape index (κ3) is 3.94. The number of hydrogen-bond acceptors (Lipinski definition) is 3. The van der Waals surface area contributed by atoms with Crippen LogP contribution in [0.25, 0.3) is 0 Å². The Labute approximate surface area is 114 Å². The highest BCUT2D eigenvalue weighted by atomic mass is 16.3. The van der Waals surface area contributed by atoms with Gasteiger partial charge in [0, 0.05) is 12.7 Å². The summed E-state index contributed by atoms with van der Waals surface area (Å²) in [5.41, 5.74) is 0.111. The molecule has 1 heterocycles. The quantitative estimate of drug-likeness (QED) is 0.877. The first-order chi connectivity index (χ1) is 9.16. The van der Waals surface area contributed by atoms with Crippen LogP contribution in [0.5, 0.6) is 5.75 Å². The van der Waals surface area contributed by atoms with Crippen LogP contribution in [0.1, 0.15) is 49.5 Å². The maximum Gasteiger partial charge on any atom is 0.273 e. The molecule has 4 nitrogen and oxygen atoms in total. The van der Waals surface area contributed by atoms with Crippen LogP contribution in [-0.2, 0) is 0 Å². The van der Waals surface area contributed by atoms with Crippen LogP contribution < -0.4 is 5.32 Å². The summed E-state index contributed by atoms with van der Waals surface area (Å²) in [4.78, 5) is 15.7. The summed E-state index contributed by atoms with van der Waals surface area (Å²) in [7, 11) is 0. The minimum absolute atomic E-state index is 0.0634. The van der Waals surface area contributed by atoms with Crippen LogP contribution in [0.4, 0.5) is 0 Å². The lowest BCUT2D eigenvalue weighted by atomic mass is 9.81. The Morgan fingerprint density at radius 2 is 2.16 bits per heavy atom. The third-order valence-corrected chi connectivity index (χ3v) is 3.98. The van der Waals surface area contributed by atoms with Gasteiger partial charge in [0.05, 0.1) is 0 Å². The lowest BCUT2D eigenvalue weighted by molar-refractivity contribution is 0.0942. The Morgan fingerprint density at radius 3 is 2.84 bits per heavy atom. The molecular weight excluding hydrogens is 240 g/mol. The molecule has 4 heteroatoms. The van der Waals surface area contributed by atoms with Crippen molar-refractivity contribution >= 4 is 5.91 Å². The monoisotopic (exact) mass is 262 g/mol. The van der Waals surface area contributed by atoms with E-state index in [1.54, 1.807) is 6.07 Å². The van der Waals surface area contributed by atoms with Crippen molar-refractivity contribution in [3.8, 4) is 5.75 Å². The number of pyridine rings is 1. The second-order valence-electron chi connectivity index (χ2n) is 5.54. The molecular formula is C15H22N2O2. The number of nitrogens with one attached hydrogen (secondary N) is 1. The van der Waals surface area contributed by atoms with E-state index in [0.717, 1.165) is 18.3 Å². The van der Waals surface area contributed by atoms with E-state index in [1.807, 2.05) is 0 Å². The molecule has 2 N–H and O–H groups in total. The zero-order valence-electron chi connectivity index (χ0n) is 11.4. The summed E-state index contributed by atoms with van der Waals surface area (Å²) in [6.07, 6.45) is 7.68. The maximum absolute atomic E-state index is 11.8. The number of amides is 1. The largest absolute Gasteiger partial charge is 0.505 e. The van der Waals surface area contributed by atoms with Gasteiger partial charge in [0.15, 0.2) is 5.69 Å². The molecule has 0 aliphatic heterocycles. The summed E-state index contributed by atoms with van der Waals surface area (Å²) in [6.45, 7) is 2.97. The van der Waals surface area contributed by atoms with Crippen molar-refractivity contribution in [2.45, 2.75) is 39.0 Å². The summed E-state index contributed by atoms with van der Waals surface area (Å²) in [5.74, 6) is 1.24. The smallest absolute Gasteiger partial charge is 0.273 e. The zero-order valence-corrected chi connectivity index (χ0v) is 11.4. The fourth-order valence-corrected chi connectivity index (χ4v) is 2.66. The molecule has 0 unspecified atom stereocenters. The van der Waals surface area contributed by atoms with E-state index >= 15 is 0 Å². The number of nitrogens with zero attached hydrogens (tertiary/aromatic N) is 1. The molecule has 2 rings (SSSR count). The lowest BCUT2D eigenvalue weighted by Gasteiger charge is -2.26. The van der Waals surface area contributed by atoms with Gasteiger partial charge in [0.25, 0.3) is 5.91 Å². The number of carbonyl (C=O) groups is 1. The first kappa shape index (κ1) is 13.8. The number of rotatable bonds is 4. The fourth-order valence-electron chi connectivity index (χ4n) is 2.66. The second kappa shape index (κ2) is 6.55. The van der Waals surface area contributed by atoms with E-state index in [-0.39, 0.29) is 17.4 Å². The van der Waals surface area contributed by atoms with Gasteiger partial charge in [0.1, 0.15) is 5.75 Å². The summed E-state index contributed by atoms with van der Waals surface area (Å²) in [6, 6.07) is 3.08. The molecule has 1 aromatic rings. The van der Waals surface area contributed by atoms with Gasteiger partial charge in [-0.2, -0.15) is 0 Å². The maximum atomic E-state index is 11.8. The predicted octanol–water partition coefficient (Wildman–Crippen LogP) is 2.73. The summed E-state index contributed by atoms with van der Waals surface area (Å²) in [5, 5.41) is 12.4. The van der Waals surface area contributed by atoms with Gasteiger partial charge in [-0.15, -0.1) is 0 Å². The van der Waals surface area contributed by atoms with Crippen molar-refractivity contribution in [3.63, 3.8) is 0 Å². The molecule has 1 aliphatic rings. The molecule has 0 saturated heterocycles. The SMILES string of the molecule is CC1CCC(CCNC(=O)c2ncccc2O)CC1. The molecule has 0 atom stereocenters. The van der Waals surface area contributed by atoms with Crippen molar-refractivity contribution in [1.82, 2.24) is 10.3 Å². The molecule has 0 radical (unpaired) electrons. The average molecular weight is 262 g/mol. The molecule has 0 bridgehead atoms. The van der Waals surface area contributed by atoms with E-state index in [2.05, 4.69) is 17.2 Å². The highest BCUT2D eigenvalue weighted by Gasteiger charge is 2.18. The number of carbonyl (C=O) groups excluding carboxylic acids is 1. The van der Waals surface area contributed by atoms with Gasteiger partial charge in [-0.25, -0.2) is 4.98 Å². The van der Waals surface area contributed by atoms with Gasteiger partial charge < -0.3 is 10.4 Å². The highest BCUT2D eigenvalue weighted by Crippen LogP contribution is 2.29. The van der Waals surface area contributed by atoms with Gasteiger partial charge >= 0.3 is 0 Å². The Kier molecular flexibility index (Phi) is 4.77. The van der Waals surface area contributed by atoms with Crippen molar-refractivity contribution in [2.75, 3.05) is 6.54 Å². The number of aromatic hydroxyl groups is 1. The van der Waals surface area contributed by atoms with Crippen molar-refractivity contribution < 1.29 is 9.90 Å². The Morgan fingerprint density at radius 1 is 1.42 bits per heavy atom. The minimum atomic E-state index is -0.290. The average Bonchev–Trinajstić information content (AvgIpc) is 2.41. The van der Waals surface area contributed by atoms with Gasteiger partial charge in [-0.3, -0.25) is 4.79 Å². The van der Waals surface area contributed by atoms with Crippen LogP contribution in [0.15, 0.2) is 18.3 Å². The second-order valence-corrected chi connectivity index (χ2v) is 5.54. The Bertz CT molecular complexity index is 426. The molecule has 1 fully saturated rings. The van der Waals surface area contributed by atoms with Crippen LogP contribution in [0.3, 0.4) is 0 Å².